The van der Waals surface area contributed by atoms with Crippen molar-refractivity contribution in [1.29, 1.82) is 0 Å². The van der Waals surface area contributed by atoms with Crippen molar-refractivity contribution in [1.82, 2.24) is 0 Å². The van der Waals surface area contributed by atoms with Gasteiger partial charge in [-0.3, -0.25) is 4.79 Å². The molecule has 0 saturated heterocycles. The number of carbonyl (C=O) groups excluding carboxylic acids is 1. The van der Waals surface area contributed by atoms with Gasteiger partial charge in [-0.25, -0.2) is 0 Å². The molecule has 0 saturated carbocycles. The maximum Gasteiger partial charge on any atom is 0.194 e. The van der Waals surface area contributed by atoms with Gasteiger partial charge in [0.2, 0.25) is 0 Å². The second-order valence-electron chi connectivity index (χ2n) is 10.4. The van der Waals surface area contributed by atoms with Gasteiger partial charge >= 0.3 is 0 Å². The van der Waals surface area contributed by atoms with Crippen LogP contribution < -0.4 is 11.5 Å². The molecule has 3 nitrogen and oxygen atoms in total. The van der Waals surface area contributed by atoms with Crippen molar-refractivity contribution < 1.29 is 4.79 Å². The number of ketones is 1. The molecule has 0 atom stereocenters. The molecule has 7 aromatic rings. The number of benzene rings is 7. The van der Waals surface area contributed by atoms with Gasteiger partial charge in [0.25, 0.3) is 0 Å². The van der Waals surface area contributed by atoms with Gasteiger partial charge in [0.15, 0.2) is 5.78 Å². The molecule has 0 unspecified atom stereocenters. The number of hydrogen-bond donors (Lipinski definition) is 2. The smallest absolute Gasteiger partial charge is 0.194 e. The van der Waals surface area contributed by atoms with Crippen LogP contribution in [-0.4, -0.2) is 5.78 Å². The average molecular weight is 473 g/mol. The van der Waals surface area contributed by atoms with Gasteiger partial charge in [0.05, 0.1) is 0 Å². The molecule has 0 heterocycles. The molecule has 0 spiro atoms. The largest absolute Gasteiger partial charge is 0.306 e. The SMILES string of the molecule is NC1(N)c2ccccc2-c2ccc3c4ccc5c6c(ccc(c7ccc1c2c37)c64)C(=O)c1ccccc1-5. The summed E-state index contributed by atoms with van der Waals surface area (Å²) < 4.78 is 0. The van der Waals surface area contributed by atoms with E-state index in [4.69, 9.17) is 11.5 Å². The molecule has 37 heavy (non-hydrogen) atoms. The van der Waals surface area contributed by atoms with Crippen LogP contribution in [0.15, 0.2) is 97.1 Å². The van der Waals surface area contributed by atoms with E-state index in [0.717, 1.165) is 82.2 Å². The second-order valence-corrected chi connectivity index (χ2v) is 10.4. The highest BCUT2D eigenvalue weighted by atomic mass is 16.1. The maximum atomic E-state index is 13.6. The lowest BCUT2D eigenvalue weighted by Crippen LogP contribution is -2.48. The summed E-state index contributed by atoms with van der Waals surface area (Å²) >= 11 is 0. The molecule has 0 aromatic heterocycles. The van der Waals surface area contributed by atoms with Gasteiger partial charge in [-0.15, -0.1) is 0 Å². The lowest BCUT2D eigenvalue weighted by molar-refractivity contribution is 0.104. The van der Waals surface area contributed by atoms with Crippen molar-refractivity contribution in [2.75, 3.05) is 0 Å². The maximum absolute atomic E-state index is 13.6. The van der Waals surface area contributed by atoms with E-state index >= 15 is 0 Å². The number of hydrogen-bond acceptors (Lipinski definition) is 3. The van der Waals surface area contributed by atoms with Crippen LogP contribution in [0, 0.1) is 0 Å². The number of rotatable bonds is 0. The molecular formula is C34H20N2O. The fourth-order valence-corrected chi connectivity index (χ4v) is 7.16. The summed E-state index contributed by atoms with van der Waals surface area (Å²) in [5.74, 6) is 0.0931. The second kappa shape index (κ2) is 6.22. The summed E-state index contributed by atoms with van der Waals surface area (Å²) in [7, 11) is 0. The summed E-state index contributed by atoms with van der Waals surface area (Å²) in [5, 5.41) is 9.13. The summed E-state index contributed by atoms with van der Waals surface area (Å²) in [6, 6.07) is 33.4. The first-order chi connectivity index (χ1) is 18.1. The van der Waals surface area contributed by atoms with Crippen molar-refractivity contribution in [3.8, 4) is 22.3 Å². The van der Waals surface area contributed by atoms with E-state index in [1.54, 1.807) is 0 Å². The van der Waals surface area contributed by atoms with Crippen molar-refractivity contribution in [2.24, 2.45) is 11.5 Å². The highest BCUT2D eigenvalue weighted by molar-refractivity contribution is 6.39. The Kier molecular flexibility index (Phi) is 3.29. The van der Waals surface area contributed by atoms with Gasteiger partial charge in [-0.05, 0) is 77.2 Å². The number of nitrogens with two attached hydrogens (primary N) is 2. The lowest BCUT2D eigenvalue weighted by Gasteiger charge is -2.35. The summed E-state index contributed by atoms with van der Waals surface area (Å²) in [6.45, 7) is 0. The molecular weight excluding hydrogens is 452 g/mol. The van der Waals surface area contributed by atoms with Gasteiger partial charge in [0.1, 0.15) is 5.66 Å². The fourth-order valence-electron chi connectivity index (χ4n) is 7.16. The van der Waals surface area contributed by atoms with E-state index in [1.165, 1.54) is 5.39 Å². The molecule has 4 N–H and O–H groups in total. The van der Waals surface area contributed by atoms with Crippen molar-refractivity contribution in [2.45, 2.75) is 5.66 Å². The number of fused-ring (bicyclic) bond motifs is 6. The first kappa shape index (κ1) is 19.6. The van der Waals surface area contributed by atoms with Crippen LogP contribution in [0.2, 0.25) is 0 Å². The van der Waals surface area contributed by atoms with Gasteiger partial charge in [0, 0.05) is 16.5 Å². The topological polar surface area (TPSA) is 69.1 Å². The summed E-state index contributed by atoms with van der Waals surface area (Å²) in [5.41, 5.74) is 20.4. The fraction of sp³-hybridized carbons (Fsp3) is 0.0294. The molecule has 2 aliphatic carbocycles. The minimum Gasteiger partial charge on any atom is -0.306 e. The van der Waals surface area contributed by atoms with Crippen LogP contribution in [0.25, 0.3) is 65.3 Å². The Labute approximate surface area is 212 Å². The summed E-state index contributed by atoms with van der Waals surface area (Å²) in [4.78, 5) is 13.6. The van der Waals surface area contributed by atoms with Crippen LogP contribution in [0.5, 0.6) is 0 Å². The quantitative estimate of drug-likeness (QED) is 0.141. The van der Waals surface area contributed by atoms with Crippen LogP contribution >= 0.6 is 0 Å². The Morgan fingerprint density at radius 1 is 0.405 bits per heavy atom. The van der Waals surface area contributed by atoms with E-state index in [9.17, 15) is 4.79 Å². The molecule has 7 aromatic carbocycles. The molecule has 172 valence electrons. The first-order valence-corrected chi connectivity index (χ1v) is 12.6. The normalized spacial score (nSPS) is 15.0. The predicted octanol–water partition coefficient (Wildman–Crippen LogP) is 7.05. The Morgan fingerprint density at radius 2 is 0.919 bits per heavy atom. The zero-order valence-corrected chi connectivity index (χ0v) is 19.8. The van der Waals surface area contributed by atoms with Crippen molar-refractivity contribution in [3.63, 3.8) is 0 Å². The third-order valence-electron chi connectivity index (χ3n) is 8.72. The molecule has 0 aliphatic heterocycles. The lowest BCUT2D eigenvalue weighted by atomic mass is 9.74. The minimum absolute atomic E-state index is 0.0931. The highest BCUT2D eigenvalue weighted by Gasteiger charge is 2.36. The van der Waals surface area contributed by atoms with Crippen LogP contribution in [-0.2, 0) is 5.66 Å². The molecule has 0 radical (unpaired) electrons. The van der Waals surface area contributed by atoms with Crippen LogP contribution in [0.3, 0.4) is 0 Å². The average Bonchev–Trinajstić information content (AvgIpc) is 2.94. The zero-order valence-electron chi connectivity index (χ0n) is 19.8. The molecule has 0 amide bonds. The Hall–Kier alpha value is -4.57. The van der Waals surface area contributed by atoms with Gasteiger partial charge < -0.3 is 11.5 Å². The monoisotopic (exact) mass is 472 g/mol. The first-order valence-electron chi connectivity index (χ1n) is 12.6. The van der Waals surface area contributed by atoms with E-state index in [0.29, 0.717) is 0 Å². The predicted molar refractivity (Wildman–Crippen MR) is 151 cm³/mol. The minimum atomic E-state index is -1.08. The van der Waals surface area contributed by atoms with E-state index < -0.39 is 5.66 Å². The Balaban J connectivity index is 1.53. The van der Waals surface area contributed by atoms with E-state index in [2.05, 4.69) is 54.6 Å². The van der Waals surface area contributed by atoms with Gasteiger partial charge in [-0.1, -0.05) is 91.0 Å². The molecule has 9 rings (SSSR count). The van der Waals surface area contributed by atoms with Gasteiger partial charge in [-0.2, -0.15) is 0 Å². The Bertz CT molecular complexity index is 2170. The van der Waals surface area contributed by atoms with E-state index in [1.807, 2.05) is 42.5 Å². The third-order valence-corrected chi connectivity index (χ3v) is 8.72. The standard InChI is InChI=1S/C34H20N2O/c35-34(36)27-8-4-3-6-18(27)20-10-12-23-21-11-9-19-17-5-1-2-7-25(17)33(37)26-14-13-22(29(21)31(19)26)24-15-16-28(34)32(20)30(23)24/h1-16H,35-36H2. The van der Waals surface area contributed by atoms with Crippen LogP contribution in [0.4, 0.5) is 0 Å². The van der Waals surface area contributed by atoms with Crippen molar-refractivity contribution >= 4 is 48.9 Å². The Morgan fingerprint density at radius 3 is 1.62 bits per heavy atom. The van der Waals surface area contributed by atoms with E-state index in [-0.39, 0.29) is 5.78 Å². The molecule has 3 heteroatoms. The summed E-state index contributed by atoms with van der Waals surface area (Å²) in [6.07, 6.45) is 0. The molecule has 2 aliphatic rings. The van der Waals surface area contributed by atoms with Crippen LogP contribution in [0.1, 0.15) is 27.0 Å². The molecule has 0 bridgehead atoms. The number of carbonyl (C=O) groups is 1. The zero-order chi connectivity index (χ0) is 24.6. The molecule has 0 fully saturated rings. The van der Waals surface area contributed by atoms with Crippen molar-refractivity contribution in [3.05, 3.63) is 119 Å². The third kappa shape index (κ3) is 2.12. The highest BCUT2D eigenvalue weighted by Crippen LogP contribution is 2.51.